The first-order valence-corrected chi connectivity index (χ1v) is 10.1. The van der Waals surface area contributed by atoms with Crippen LogP contribution < -0.4 is 9.64 Å². The first kappa shape index (κ1) is 21.6. The quantitative estimate of drug-likeness (QED) is 0.565. The molecule has 1 aromatic carbocycles. The number of carbonyl (C=O) groups is 1. The highest BCUT2D eigenvalue weighted by Crippen LogP contribution is 2.37. The number of nitrogens with zero attached hydrogens (tertiary/aromatic N) is 2. The predicted octanol–water partition coefficient (Wildman–Crippen LogP) is 5.67. The molecule has 0 saturated carbocycles. The Morgan fingerprint density at radius 2 is 1.86 bits per heavy atom. The van der Waals surface area contributed by atoms with Gasteiger partial charge in [0.05, 0.1) is 16.8 Å². The zero-order valence-electron chi connectivity index (χ0n) is 17.1. The van der Waals surface area contributed by atoms with Crippen LogP contribution in [-0.2, 0) is 0 Å². The summed E-state index contributed by atoms with van der Waals surface area (Å²) >= 11 is 0. The number of carboxylic acids is 1. The minimum atomic E-state index is -1.04. The molecule has 0 amide bonds. The van der Waals surface area contributed by atoms with Gasteiger partial charge in [-0.1, -0.05) is 38.3 Å². The second kappa shape index (κ2) is 10.6. The number of benzene rings is 1. The molecular formula is C23H30N2O3. The van der Waals surface area contributed by atoms with Crippen molar-refractivity contribution in [2.75, 3.05) is 18.0 Å². The van der Waals surface area contributed by atoms with Crippen molar-refractivity contribution in [2.24, 2.45) is 0 Å². The van der Waals surface area contributed by atoms with Crippen LogP contribution in [0.2, 0.25) is 0 Å². The summed E-state index contributed by atoms with van der Waals surface area (Å²) < 4.78 is 6.19. The lowest BCUT2D eigenvalue weighted by Crippen LogP contribution is -2.27. The van der Waals surface area contributed by atoms with Crippen molar-refractivity contribution in [2.45, 2.75) is 59.3 Å². The third-order valence-corrected chi connectivity index (χ3v) is 4.89. The molecule has 0 spiro atoms. The van der Waals surface area contributed by atoms with Crippen molar-refractivity contribution in [1.82, 2.24) is 0 Å². The summed E-state index contributed by atoms with van der Waals surface area (Å²) in [5.41, 5.74) is 2.37. The zero-order chi connectivity index (χ0) is 20.5. The van der Waals surface area contributed by atoms with Crippen molar-refractivity contribution in [1.29, 1.82) is 5.26 Å². The van der Waals surface area contributed by atoms with Crippen LogP contribution in [0.1, 0.15) is 75.2 Å². The molecule has 0 saturated heterocycles. The number of rotatable bonds is 10. The summed E-state index contributed by atoms with van der Waals surface area (Å²) in [5.74, 6) is 0.238. The van der Waals surface area contributed by atoms with E-state index in [-0.39, 0.29) is 11.1 Å². The highest BCUT2D eigenvalue weighted by atomic mass is 16.5. The van der Waals surface area contributed by atoms with Crippen molar-refractivity contribution in [3.05, 3.63) is 46.7 Å². The highest BCUT2D eigenvalue weighted by Gasteiger charge is 2.21. The molecule has 0 aliphatic heterocycles. The van der Waals surface area contributed by atoms with E-state index in [1.54, 1.807) is 6.07 Å². The molecule has 0 heterocycles. The molecule has 1 aliphatic carbocycles. The SMILES string of the molecule is CCCCN(CCCC)c1cc(C(=O)O)cc(C#N)c1OC1=CC=C(C)CC1. The maximum Gasteiger partial charge on any atom is 0.335 e. The number of carboxylic acid groups (broad SMARTS) is 1. The average Bonchev–Trinajstić information content (AvgIpc) is 2.70. The molecule has 0 fully saturated rings. The number of hydrogen-bond donors (Lipinski definition) is 1. The van der Waals surface area contributed by atoms with E-state index < -0.39 is 5.97 Å². The first-order valence-electron chi connectivity index (χ1n) is 10.1. The molecule has 0 atom stereocenters. The van der Waals surface area contributed by atoms with Gasteiger partial charge in [0.15, 0.2) is 5.75 Å². The minimum absolute atomic E-state index is 0.116. The number of nitriles is 1. The Balaban J connectivity index is 2.52. The maximum absolute atomic E-state index is 11.6. The fourth-order valence-corrected chi connectivity index (χ4v) is 3.15. The highest BCUT2D eigenvalue weighted by molar-refractivity contribution is 5.91. The van der Waals surface area contributed by atoms with E-state index in [2.05, 4.69) is 31.7 Å². The molecular weight excluding hydrogens is 352 g/mol. The van der Waals surface area contributed by atoms with Gasteiger partial charge < -0.3 is 14.7 Å². The van der Waals surface area contributed by atoms with Crippen LogP contribution in [0.25, 0.3) is 0 Å². The van der Waals surface area contributed by atoms with Crippen LogP contribution >= 0.6 is 0 Å². The molecule has 1 N–H and O–H groups in total. The lowest BCUT2D eigenvalue weighted by atomic mass is 10.0. The predicted molar refractivity (Wildman–Crippen MR) is 112 cm³/mol. The Morgan fingerprint density at radius 1 is 1.18 bits per heavy atom. The second-order valence-corrected chi connectivity index (χ2v) is 7.23. The smallest absolute Gasteiger partial charge is 0.335 e. The number of unbranched alkanes of at least 4 members (excludes halogenated alkanes) is 2. The van der Waals surface area contributed by atoms with E-state index in [1.165, 1.54) is 11.6 Å². The molecule has 2 rings (SSSR count). The zero-order valence-corrected chi connectivity index (χ0v) is 17.1. The van der Waals surface area contributed by atoms with E-state index in [9.17, 15) is 15.2 Å². The van der Waals surface area contributed by atoms with Gasteiger partial charge in [-0.3, -0.25) is 0 Å². The normalized spacial score (nSPS) is 13.4. The van der Waals surface area contributed by atoms with Gasteiger partial charge in [0, 0.05) is 19.5 Å². The van der Waals surface area contributed by atoms with E-state index >= 15 is 0 Å². The van der Waals surface area contributed by atoms with Gasteiger partial charge in [0.1, 0.15) is 11.8 Å². The molecule has 150 valence electrons. The van der Waals surface area contributed by atoms with Gasteiger partial charge >= 0.3 is 5.97 Å². The topological polar surface area (TPSA) is 73.6 Å². The molecule has 0 radical (unpaired) electrons. The third-order valence-electron chi connectivity index (χ3n) is 4.89. The van der Waals surface area contributed by atoms with E-state index in [0.717, 1.165) is 57.4 Å². The van der Waals surface area contributed by atoms with Crippen LogP contribution in [0.3, 0.4) is 0 Å². The van der Waals surface area contributed by atoms with E-state index in [1.807, 2.05) is 12.2 Å². The summed E-state index contributed by atoms with van der Waals surface area (Å²) in [6, 6.07) is 5.19. The molecule has 0 aromatic heterocycles. The summed E-state index contributed by atoms with van der Waals surface area (Å²) in [6.45, 7) is 7.95. The number of aromatic carboxylic acids is 1. The number of anilines is 1. The Hall–Kier alpha value is -2.74. The summed E-state index contributed by atoms with van der Waals surface area (Å²) in [5, 5.41) is 19.2. The van der Waals surface area contributed by atoms with Gasteiger partial charge in [0.2, 0.25) is 0 Å². The molecule has 0 unspecified atom stereocenters. The number of ether oxygens (including phenoxy) is 1. The number of hydrogen-bond acceptors (Lipinski definition) is 4. The Kier molecular flexibility index (Phi) is 8.13. The lowest BCUT2D eigenvalue weighted by molar-refractivity contribution is 0.0697. The molecule has 1 aliphatic rings. The monoisotopic (exact) mass is 382 g/mol. The van der Waals surface area contributed by atoms with Gasteiger partial charge in [-0.2, -0.15) is 5.26 Å². The second-order valence-electron chi connectivity index (χ2n) is 7.23. The van der Waals surface area contributed by atoms with Crippen LogP contribution in [0.4, 0.5) is 5.69 Å². The third kappa shape index (κ3) is 5.63. The Morgan fingerprint density at radius 3 is 2.36 bits per heavy atom. The number of allylic oxidation sites excluding steroid dienone is 4. The average molecular weight is 383 g/mol. The molecule has 28 heavy (non-hydrogen) atoms. The lowest BCUT2D eigenvalue weighted by Gasteiger charge is -2.28. The van der Waals surface area contributed by atoms with Crippen LogP contribution in [0, 0.1) is 11.3 Å². The minimum Gasteiger partial charge on any atom is -0.478 e. The largest absolute Gasteiger partial charge is 0.478 e. The molecule has 5 nitrogen and oxygen atoms in total. The van der Waals surface area contributed by atoms with E-state index in [0.29, 0.717) is 11.4 Å². The van der Waals surface area contributed by atoms with Crippen LogP contribution in [-0.4, -0.2) is 24.2 Å². The van der Waals surface area contributed by atoms with Crippen molar-refractivity contribution < 1.29 is 14.6 Å². The van der Waals surface area contributed by atoms with Crippen molar-refractivity contribution in [3.63, 3.8) is 0 Å². The fourth-order valence-electron chi connectivity index (χ4n) is 3.15. The van der Waals surface area contributed by atoms with Gasteiger partial charge in [0.25, 0.3) is 0 Å². The van der Waals surface area contributed by atoms with Crippen LogP contribution in [0.15, 0.2) is 35.6 Å². The Bertz CT molecular complexity index is 795. The Labute approximate surface area is 167 Å². The van der Waals surface area contributed by atoms with Crippen molar-refractivity contribution >= 4 is 11.7 Å². The standard InChI is InChI=1S/C23H30N2O3/c1-4-6-12-25(13-7-5-2)21-15-18(23(26)27)14-19(16-24)22(21)28-20-10-8-17(3)9-11-20/h8,10,14-15H,4-7,9,11-13H2,1-3H3,(H,26,27). The fraction of sp³-hybridized carbons (Fsp3) is 0.478. The summed E-state index contributed by atoms with van der Waals surface area (Å²) in [6.07, 6.45) is 9.73. The molecule has 5 heteroatoms. The molecule has 0 bridgehead atoms. The van der Waals surface area contributed by atoms with Gasteiger partial charge in [-0.25, -0.2) is 4.79 Å². The van der Waals surface area contributed by atoms with Crippen molar-refractivity contribution in [3.8, 4) is 11.8 Å². The first-order chi connectivity index (χ1) is 13.5. The molecule has 1 aromatic rings. The van der Waals surface area contributed by atoms with Crippen LogP contribution in [0.5, 0.6) is 5.75 Å². The van der Waals surface area contributed by atoms with Gasteiger partial charge in [-0.15, -0.1) is 0 Å². The van der Waals surface area contributed by atoms with Gasteiger partial charge in [-0.05, 0) is 44.4 Å². The summed E-state index contributed by atoms with van der Waals surface area (Å²) in [7, 11) is 0. The van der Waals surface area contributed by atoms with E-state index in [4.69, 9.17) is 4.74 Å². The summed E-state index contributed by atoms with van der Waals surface area (Å²) in [4.78, 5) is 13.8. The maximum atomic E-state index is 11.6.